The second-order valence-electron chi connectivity index (χ2n) is 12.0. The topological polar surface area (TPSA) is 126 Å². The third-order valence-corrected chi connectivity index (χ3v) is 9.48. The molecule has 0 aliphatic carbocycles. The van der Waals surface area contributed by atoms with Crippen molar-refractivity contribution in [2.75, 3.05) is 13.7 Å². The third-order valence-electron chi connectivity index (χ3n) is 8.50. The largest absolute Gasteiger partial charge is 0.496 e. The molecule has 2 aromatic heterocycles. The van der Waals surface area contributed by atoms with Crippen LogP contribution in [0.15, 0.2) is 92.6 Å². The zero-order chi connectivity index (χ0) is 35.0. The zero-order valence-electron chi connectivity index (χ0n) is 28.0. The molecular weight excluding hydrogens is 642 g/mol. The van der Waals surface area contributed by atoms with E-state index in [1.807, 2.05) is 49.4 Å². The van der Waals surface area contributed by atoms with E-state index >= 15 is 0 Å². The number of thiazole rings is 1. The summed E-state index contributed by atoms with van der Waals surface area (Å²) in [5.74, 6) is 1.20. The first-order valence-electron chi connectivity index (χ1n) is 15.8. The first-order valence-corrected chi connectivity index (χ1v) is 16.7. The van der Waals surface area contributed by atoms with E-state index in [4.69, 9.17) is 18.9 Å². The Morgan fingerprint density at radius 1 is 1.08 bits per heavy atom. The first-order chi connectivity index (χ1) is 23.5. The van der Waals surface area contributed by atoms with Gasteiger partial charge >= 0.3 is 5.97 Å². The highest BCUT2D eigenvalue weighted by atomic mass is 32.1. The molecule has 49 heavy (non-hydrogen) atoms. The van der Waals surface area contributed by atoms with E-state index in [1.165, 1.54) is 23.5 Å². The highest BCUT2D eigenvalue weighted by Gasteiger charge is 2.36. The van der Waals surface area contributed by atoms with E-state index < -0.39 is 16.9 Å². The molecule has 0 radical (unpaired) electrons. The van der Waals surface area contributed by atoms with Crippen LogP contribution in [0.4, 0.5) is 5.69 Å². The van der Waals surface area contributed by atoms with Crippen LogP contribution in [0.3, 0.4) is 0 Å². The van der Waals surface area contributed by atoms with Crippen molar-refractivity contribution in [3.63, 3.8) is 0 Å². The fraction of sp³-hybridized carbons (Fsp3) is 0.237. The van der Waals surface area contributed by atoms with Crippen LogP contribution in [0.2, 0.25) is 0 Å². The molecule has 5 aromatic rings. The molecule has 0 bridgehead atoms. The summed E-state index contributed by atoms with van der Waals surface area (Å²) in [4.78, 5) is 44.5. The minimum absolute atomic E-state index is 0.00614. The predicted octanol–water partition coefficient (Wildman–Crippen LogP) is 6.85. The van der Waals surface area contributed by atoms with Gasteiger partial charge < -0.3 is 13.9 Å². The van der Waals surface area contributed by atoms with E-state index in [0.29, 0.717) is 37.7 Å². The van der Waals surface area contributed by atoms with Gasteiger partial charge in [-0.2, -0.15) is 0 Å². The van der Waals surface area contributed by atoms with Gasteiger partial charge in [-0.1, -0.05) is 55.5 Å². The number of aromatic nitrogens is 1. The van der Waals surface area contributed by atoms with E-state index in [1.54, 1.807) is 49.8 Å². The number of aryl methyl sites for hydroxylation is 2. The minimum Gasteiger partial charge on any atom is -0.496 e. The maximum absolute atomic E-state index is 14.4. The molecule has 11 heteroatoms. The van der Waals surface area contributed by atoms with Crippen LogP contribution in [0.1, 0.15) is 66.3 Å². The summed E-state index contributed by atoms with van der Waals surface area (Å²) >= 11 is 1.20. The number of non-ortho nitro benzene ring substituents is 1. The number of ether oxygens (including phenoxy) is 2. The molecule has 0 saturated heterocycles. The summed E-state index contributed by atoms with van der Waals surface area (Å²) in [6, 6.07) is 20.6. The van der Waals surface area contributed by atoms with Crippen LogP contribution in [-0.2, 0) is 9.53 Å². The molecule has 6 rings (SSSR count). The number of hydrogen-bond donors (Lipinski definition) is 0. The van der Waals surface area contributed by atoms with Crippen LogP contribution in [0.25, 0.3) is 23.1 Å². The zero-order valence-corrected chi connectivity index (χ0v) is 28.8. The predicted molar refractivity (Wildman–Crippen MR) is 188 cm³/mol. The van der Waals surface area contributed by atoms with E-state index in [-0.39, 0.29) is 29.3 Å². The Balaban J connectivity index is 1.59. The molecule has 1 aliphatic rings. The van der Waals surface area contributed by atoms with Crippen LogP contribution in [0.5, 0.6) is 5.75 Å². The summed E-state index contributed by atoms with van der Waals surface area (Å²) in [6.07, 6.45) is 1.65. The number of hydrogen-bond acceptors (Lipinski definition) is 9. The number of nitro groups is 1. The number of nitrogens with zero attached hydrogens (tertiary/aromatic N) is 3. The third kappa shape index (κ3) is 6.25. The summed E-state index contributed by atoms with van der Waals surface area (Å²) in [7, 11) is 1.63. The average molecular weight is 678 g/mol. The molecule has 250 valence electrons. The number of benzene rings is 3. The lowest BCUT2D eigenvalue weighted by Gasteiger charge is -2.28. The molecule has 3 heterocycles. The fourth-order valence-corrected chi connectivity index (χ4v) is 7.10. The molecule has 3 aromatic carbocycles. The molecule has 0 saturated carbocycles. The summed E-state index contributed by atoms with van der Waals surface area (Å²) in [5, 5.41) is 11.2. The Morgan fingerprint density at radius 2 is 1.84 bits per heavy atom. The van der Waals surface area contributed by atoms with Gasteiger partial charge in [0, 0.05) is 29.3 Å². The molecule has 1 aliphatic heterocycles. The number of nitro benzene ring substituents is 1. The SMILES string of the molecule is CCOC(=O)C1=C(c2ccccc2)N=c2s/c(=C\c3ccc(-c4ccc([N+](=O)[O-])cc4C)o3)c(=O)n2[C@@H]1c1cc(C(C)C)c(OC)cc1C. The lowest BCUT2D eigenvalue weighted by atomic mass is 9.87. The van der Waals surface area contributed by atoms with Crippen molar-refractivity contribution in [3.8, 4) is 17.1 Å². The molecule has 1 atom stereocenters. The van der Waals surface area contributed by atoms with E-state index in [2.05, 4.69) is 13.8 Å². The van der Waals surface area contributed by atoms with Gasteiger partial charge in [0.05, 0.1) is 40.5 Å². The number of carbonyl (C=O) groups excluding carboxylic acids is 1. The number of methoxy groups -OCH3 is 1. The van der Waals surface area contributed by atoms with Crippen molar-refractivity contribution in [2.24, 2.45) is 4.99 Å². The number of esters is 1. The molecular formula is C38H35N3O7S. The smallest absolute Gasteiger partial charge is 0.338 e. The molecule has 0 unspecified atom stereocenters. The molecule has 0 spiro atoms. The van der Waals surface area contributed by atoms with Crippen molar-refractivity contribution < 1.29 is 23.6 Å². The van der Waals surface area contributed by atoms with Gasteiger partial charge in [-0.25, -0.2) is 9.79 Å². The van der Waals surface area contributed by atoms with Crippen LogP contribution in [-0.4, -0.2) is 29.2 Å². The minimum atomic E-state index is -0.842. The van der Waals surface area contributed by atoms with E-state index in [9.17, 15) is 19.7 Å². The number of fused-ring (bicyclic) bond motifs is 1. The van der Waals surface area contributed by atoms with Crippen molar-refractivity contribution in [1.29, 1.82) is 0 Å². The molecule has 0 fully saturated rings. The number of furan rings is 1. The van der Waals surface area contributed by atoms with Crippen molar-refractivity contribution in [1.82, 2.24) is 4.57 Å². The highest BCUT2D eigenvalue weighted by molar-refractivity contribution is 7.07. The standard InChI is InChI=1S/C38H35N3O7S/c1-7-47-37(43)33-34(24-11-9-8-10-12-24)39-38-40(35(33)29-20-28(21(2)3)31(46-6)18-23(29)5)36(42)32(49-38)19-26-14-16-30(48-26)27-15-13-25(41(44)45)17-22(27)4/h8-21,35H,7H2,1-6H3/b32-19-/t35-/m1/s1. The van der Waals surface area contributed by atoms with Gasteiger partial charge in [0.15, 0.2) is 4.80 Å². The number of carbonyl (C=O) groups is 1. The summed E-state index contributed by atoms with van der Waals surface area (Å²) < 4.78 is 19.4. The molecule has 0 amide bonds. The van der Waals surface area contributed by atoms with Gasteiger partial charge in [-0.15, -0.1) is 0 Å². The Labute approximate surface area is 286 Å². The monoisotopic (exact) mass is 677 g/mol. The van der Waals surface area contributed by atoms with Gasteiger partial charge in [0.25, 0.3) is 11.2 Å². The van der Waals surface area contributed by atoms with Gasteiger partial charge in [0.2, 0.25) is 0 Å². The quantitative estimate of drug-likeness (QED) is 0.0949. The lowest BCUT2D eigenvalue weighted by molar-refractivity contribution is -0.384. The maximum Gasteiger partial charge on any atom is 0.338 e. The molecule has 0 N–H and O–H groups in total. The number of rotatable bonds is 9. The average Bonchev–Trinajstić information content (AvgIpc) is 3.67. The second kappa shape index (κ2) is 13.5. The summed E-state index contributed by atoms with van der Waals surface area (Å²) in [6.45, 7) is 9.74. The Bertz CT molecular complexity index is 2310. The van der Waals surface area contributed by atoms with Crippen LogP contribution < -0.4 is 19.6 Å². The van der Waals surface area contributed by atoms with E-state index in [0.717, 1.165) is 28.0 Å². The van der Waals surface area contributed by atoms with Crippen LogP contribution in [0, 0.1) is 24.0 Å². The molecule has 10 nitrogen and oxygen atoms in total. The fourth-order valence-electron chi connectivity index (χ4n) is 6.12. The van der Waals surface area contributed by atoms with Crippen molar-refractivity contribution >= 4 is 34.8 Å². The van der Waals surface area contributed by atoms with Gasteiger partial charge in [-0.05, 0) is 79.3 Å². The van der Waals surface area contributed by atoms with Gasteiger partial charge in [0.1, 0.15) is 17.3 Å². The normalized spacial score (nSPS) is 14.5. The summed E-state index contributed by atoms with van der Waals surface area (Å²) in [5.41, 5.74) is 5.01. The Morgan fingerprint density at radius 3 is 2.49 bits per heavy atom. The second-order valence-corrected chi connectivity index (χ2v) is 13.0. The lowest BCUT2D eigenvalue weighted by Crippen LogP contribution is -2.40. The van der Waals surface area contributed by atoms with Crippen molar-refractivity contribution in [3.05, 3.63) is 142 Å². The Hall–Kier alpha value is -5.55. The first kappa shape index (κ1) is 33.4. The van der Waals surface area contributed by atoms with Crippen molar-refractivity contribution in [2.45, 2.75) is 46.6 Å². The Kier molecular flexibility index (Phi) is 9.20. The van der Waals surface area contributed by atoms with Gasteiger partial charge in [-0.3, -0.25) is 19.5 Å². The van der Waals surface area contributed by atoms with Crippen LogP contribution >= 0.6 is 11.3 Å². The maximum atomic E-state index is 14.4. The highest BCUT2D eigenvalue weighted by Crippen LogP contribution is 2.40.